The van der Waals surface area contributed by atoms with Crippen LogP contribution in [0.3, 0.4) is 0 Å². The second-order valence-electron chi connectivity index (χ2n) is 6.93. The molecule has 150 valence electrons. The lowest BCUT2D eigenvalue weighted by Crippen LogP contribution is -2.44. The topological polar surface area (TPSA) is 98.3 Å². The molecule has 0 aromatic carbocycles. The quantitative estimate of drug-likeness (QED) is 0.438. The maximum absolute atomic E-state index is 13.0. The number of thioether (sulfide) groups is 1. The number of aryl methyl sites for hydroxylation is 2. The van der Waals surface area contributed by atoms with Crippen LogP contribution in [0.25, 0.3) is 10.2 Å². The van der Waals surface area contributed by atoms with E-state index in [0.717, 1.165) is 23.3 Å². The Morgan fingerprint density at radius 2 is 2.18 bits per heavy atom. The van der Waals surface area contributed by atoms with Crippen LogP contribution < -0.4 is 11.3 Å². The van der Waals surface area contributed by atoms with Gasteiger partial charge in [-0.1, -0.05) is 17.8 Å². The molecule has 3 heterocycles. The van der Waals surface area contributed by atoms with E-state index in [1.165, 1.54) is 23.1 Å². The molecule has 1 atom stereocenters. The summed E-state index contributed by atoms with van der Waals surface area (Å²) in [6.07, 6.45) is 3.14. The first-order chi connectivity index (χ1) is 13.3. The minimum Gasteiger partial charge on any atom is -0.369 e. The lowest BCUT2D eigenvalue weighted by molar-refractivity contribution is -0.132. The Balaban J connectivity index is 1.82. The summed E-state index contributed by atoms with van der Waals surface area (Å²) < 4.78 is 1.56. The molecule has 0 bridgehead atoms. The van der Waals surface area contributed by atoms with E-state index < -0.39 is 0 Å². The van der Waals surface area contributed by atoms with Gasteiger partial charge in [0, 0.05) is 24.5 Å². The van der Waals surface area contributed by atoms with Crippen molar-refractivity contribution >= 4 is 45.1 Å². The molecule has 2 amide bonds. The van der Waals surface area contributed by atoms with Gasteiger partial charge in [-0.3, -0.25) is 19.0 Å². The van der Waals surface area contributed by atoms with Crippen LogP contribution in [0.1, 0.15) is 23.3 Å². The number of rotatable bonds is 6. The zero-order valence-electron chi connectivity index (χ0n) is 16.1. The van der Waals surface area contributed by atoms with Gasteiger partial charge in [0.05, 0.1) is 17.1 Å². The molecule has 1 aliphatic heterocycles. The van der Waals surface area contributed by atoms with Crippen LogP contribution in [-0.4, -0.2) is 45.1 Å². The summed E-state index contributed by atoms with van der Waals surface area (Å²) in [6, 6.07) is 0. The van der Waals surface area contributed by atoms with Crippen LogP contribution in [0, 0.1) is 19.8 Å². The SMILES string of the molecule is C=CCn1c(SCC(=O)N2CCC[C@@H](C(N)=O)C2)nc2sc(C)c(C)c2c1=O. The molecule has 28 heavy (non-hydrogen) atoms. The Kier molecular flexibility index (Phi) is 6.24. The standard InChI is InChI=1S/C19H24N4O3S2/c1-4-7-23-18(26)15-11(2)12(3)28-17(15)21-19(23)27-10-14(24)22-8-5-6-13(9-22)16(20)25/h4,13H,1,5-10H2,2-3H3,(H2,20,25)/t13-/m1/s1. The molecule has 2 N–H and O–H groups in total. The Bertz CT molecular complexity index is 995. The van der Waals surface area contributed by atoms with Gasteiger partial charge >= 0.3 is 0 Å². The van der Waals surface area contributed by atoms with Crippen molar-refractivity contribution in [2.75, 3.05) is 18.8 Å². The van der Waals surface area contributed by atoms with E-state index in [0.29, 0.717) is 35.0 Å². The highest BCUT2D eigenvalue weighted by molar-refractivity contribution is 7.99. The zero-order valence-corrected chi connectivity index (χ0v) is 17.7. The largest absolute Gasteiger partial charge is 0.369 e. The first kappa shape index (κ1) is 20.6. The van der Waals surface area contributed by atoms with Crippen molar-refractivity contribution in [3.63, 3.8) is 0 Å². The molecule has 1 saturated heterocycles. The highest BCUT2D eigenvalue weighted by Gasteiger charge is 2.27. The van der Waals surface area contributed by atoms with Crippen molar-refractivity contribution in [3.05, 3.63) is 33.4 Å². The second-order valence-corrected chi connectivity index (χ2v) is 9.08. The summed E-state index contributed by atoms with van der Waals surface area (Å²) in [5.41, 5.74) is 6.24. The molecule has 1 aliphatic rings. The smallest absolute Gasteiger partial charge is 0.263 e. The molecule has 0 unspecified atom stereocenters. The molecule has 0 spiro atoms. The molecule has 0 radical (unpaired) electrons. The molecule has 0 saturated carbocycles. The number of nitrogens with zero attached hydrogens (tertiary/aromatic N) is 3. The van der Waals surface area contributed by atoms with Gasteiger partial charge in [0.1, 0.15) is 4.83 Å². The van der Waals surface area contributed by atoms with Gasteiger partial charge < -0.3 is 10.6 Å². The van der Waals surface area contributed by atoms with Crippen LogP contribution in [-0.2, 0) is 16.1 Å². The molecule has 2 aromatic heterocycles. The predicted molar refractivity (Wildman–Crippen MR) is 113 cm³/mol. The Morgan fingerprint density at radius 3 is 2.86 bits per heavy atom. The van der Waals surface area contributed by atoms with Crippen molar-refractivity contribution in [3.8, 4) is 0 Å². The van der Waals surface area contributed by atoms with Gasteiger partial charge in [-0.2, -0.15) is 0 Å². The number of aromatic nitrogens is 2. The number of fused-ring (bicyclic) bond motifs is 1. The molecule has 7 nitrogen and oxygen atoms in total. The van der Waals surface area contributed by atoms with Crippen LogP contribution in [0.15, 0.2) is 22.6 Å². The van der Waals surface area contributed by atoms with Gasteiger partial charge in [-0.15, -0.1) is 17.9 Å². The third-order valence-corrected chi connectivity index (χ3v) is 7.13. The average Bonchev–Trinajstić information content (AvgIpc) is 2.96. The number of primary amides is 1. The first-order valence-electron chi connectivity index (χ1n) is 9.14. The van der Waals surface area contributed by atoms with E-state index in [1.807, 2.05) is 13.8 Å². The summed E-state index contributed by atoms with van der Waals surface area (Å²) in [5, 5.41) is 1.15. The number of thiophene rings is 1. The number of amides is 2. The second kappa shape index (κ2) is 8.48. The maximum atomic E-state index is 13.0. The summed E-state index contributed by atoms with van der Waals surface area (Å²) in [6.45, 7) is 8.95. The van der Waals surface area contributed by atoms with E-state index in [4.69, 9.17) is 5.73 Å². The van der Waals surface area contributed by atoms with Crippen molar-refractivity contribution in [1.29, 1.82) is 0 Å². The highest BCUT2D eigenvalue weighted by Crippen LogP contribution is 2.28. The number of piperidine rings is 1. The number of hydrogen-bond donors (Lipinski definition) is 1. The molecular formula is C19H24N4O3S2. The number of carbonyl (C=O) groups is 2. The third-order valence-electron chi connectivity index (χ3n) is 5.07. The van der Waals surface area contributed by atoms with E-state index >= 15 is 0 Å². The van der Waals surface area contributed by atoms with Crippen LogP contribution in [0.4, 0.5) is 0 Å². The van der Waals surface area contributed by atoms with Crippen molar-refractivity contribution in [1.82, 2.24) is 14.5 Å². The first-order valence-corrected chi connectivity index (χ1v) is 10.9. The average molecular weight is 421 g/mol. The van der Waals surface area contributed by atoms with Gasteiger partial charge in [-0.05, 0) is 32.3 Å². The Hall–Kier alpha value is -2.13. The molecule has 3 rings (SSSR count). The van der Waals surface area contributed by atoms with Crippen molar-refractivity contribution in [2.24, 2.45) is 11.7 Å². The summed E-state index contributed by atoms with van der Waals surface area (Å²) in [4.78, 5) is 45.1. The number of hydrogen-bond acceptors (Lipinski definition) is 6. The molecule has 2 aromatic rings. The van der Waals surface area contributed by atoms with Crippen LogP contribution in [0.5, 0.6) is 0 Å². The fraction of sp³-hybridized carbons (Fsp3) is 0.474. The molecule has 0 aliphatic carbocycles. The van der Waals surface area contributed by atoms with E-state index in [1.54, 1.807) is 15.5 Å². The van der Waals surface area contributed by atoms with Gasteiger partial charge in [0.15, 0.2) is 5.16 Å². The minimum atomic E-state index is -0.361. The lowest BCUT2D eigenvalue weighted by Gasteiger charge is -2.31. The number of nitrogens with two attached hydrogens (primary N) is 1. The van der Waals surface area contributed by atoms with Gasteiger partial charge in [-0.25, -0.2) is 4.98 Å². The molecule has 1 fully saturated rings. The molecule has 9 heteroatoms. The Morgan fingerprint density at radius 1 is 1.43 bits per heavy atom. The maximum Gasteiger partial charge on any atom is 0.263 e. The fourth-order valence-corrected chi connectivity index (χ4v) is 5.34. The monoisotopic (exact) mass is 420 g/mol. The minimum absolute atomic E-state index is 0.0750. The van der Waals surface area contributed by atoms with Crippen molar-refractivity contribution in [2.45, 2.75) is 38.4 Å². The van der Waals surface area contributed by atoms with Crippen LogP contribution >= 0.6 is 23.1 Å². The normalized spacial score (nSPS) is 17.1. The van der Waals surface area contributed by atoms with Crippen molar-refractivity contribution < 1.29 is 9.59 Å². The number of allylic oxidation sites excluding steroid dienone is 1. The third kappa shape index (κ3) is 4.00. The molecular weight excluding hydrogens is 396 g/mol. The van der Waals surface area contributed by atoms with Gasteiger partial charge in [0.2, 0.25) is 11.8 Å². The summed E-state index contributed by atoms with van der Waals surface area (Å²) >= 11 is 2.74. The summed E-state index contributed by atoms with van der Waals surface area (Å²) in [7, 11) is 0. The Labute approximate surface area is 171 Å². The van der Waals surface area contributed by atoms with Gasteiger partial charge in [0.25, 0.3) is 5.56 Å². The predicted octanol–water partition coefficient (Wildman–Crippen LogP) is 2.08. The number of likely N-dealkylation sites (tertiary alicyclic amines) is 1. The summed E-state index contributed by atoms with van der Waals surface area (Å²) in [5.74, 6) is -0.563. The van der Waals surface area contributed by atoms with E-state index in [2.05, 4.69) is 11.6 Å². The zero-order chi connectivity index (χ0) is 20.4. The van der Waals surface area contributed by atoms with E-state index in [-0.39, 0.29) is 29.0 Å². The van der Waals surface area contributed by atoms with Crippen LogP contribution in [0.2, 0.25) is 0 Å². The lowest BCUT2D eigenvalue weighted by atomic mass is 9.97. The fourth-order valence-electron chi connectivity index (χ4n) is 3.36. The number of carbonyl (C=O) groups excluding carboxylic acids is 2. The highest BCUT2D eigenvalue weighted by atomic mass is 32.2. The van der Waals surface area contributed by atoms with E-state index in [9.17, 15) is 14.4 Å².